The molecular formula is C28H28N4S. The summed E-state index contributed by atoms with van der Waals surface area (Å²) in [6, 6.07) is 29.6. The molecule has 166 valence electrons. The van der Waals surface area contributed by atoms with Crippen LogP contribution in [0.4, 0.5) is 0 Å². The monoisotopic (exact) mass is 452 g/mol. The topological polar surface area (TPSA) is 33.1 Å². The van der Waals surface area contributed by atoms with Gasteiger partial charge in [0.05, 0.1) is 17.8 Å². The summed E-state index contributed by atoms with van der Waals surface area (Å²) < 4.78 is 2.40. The molecule has 0 amide bonds. The van der Waals surface area contributed by atoms with Gasteiger partial charge in [0.2, 0.25) is 0 Å². The molecule has 1 N–H and O–H groups in total. The minimum absolute atomic E-state index is 0.00640. The van der Waals surface area contributed by atoms with Crippen molar-refractivity contribution < 1.29 is 0 Å². The van der Waals surface area contributed by atoms with E-state index in [2.05, 4.69) is 106 Å². The van der Waals surface area contributed by atoms with E-state index in [1.54, 1.807) is 0 Å². The molecule has 2 aromatic heterocycles. The van der Waals surface area contributed by atoms with Gasteiger partial charge in [-0.25, -0.2) is 0 Å². The summed E-state index contributed by atoms with van der Waals surface area (Å²) in [5, 5.41) is 4.35. The SMILES string of the molecule is Cc1cc([C@@H]2[C@H](c3ccccn3)NC(=S)N2Cc2ccccc2)c(C)n1Cc1ccccc1. The molecule has 1 aliphatic heterocycles. The van der Waals surface area contributed by atoms with Crippen LogP contribution in [0.5, 0.6) is 0 Å². The molecule has 4 nitrogen and oxygen atoms in total. The number of aromatic nitrogens is 2. The lowest BCUT2D eigenvalue weighted by Gasteiger charge is -2.28. The first kappa shape index (κ1) is 21.4. The molecule has 4 aromatic rings. The third-order valence-corrected chi connectivity index (χ3v) is 6.86. The fourth-order valence-electron chi connectivity index (χ4n) is 4.83. The number of nitrogens with zero attached hydrogens (tertiary/aromatic N) is 3. The van der Waals surface area contributed by atoms with Crippen LogP contribution in [0.2, 0.25) is 0 Å². The molecule has 1 saturated heterocycles. The third kappa shape index (κ3) is 4.29. The highest BCUT2D eigenvalue weighted by molar-refractivity contribution is 7.80. The summed E-state index contributed by atoms with van der Waals surface area (Å²) in [5.41, 5.74) is 7.37. The van der Waals surface area contributed by atoms with Gasteiger partial charge in [0.1, 0.15) is 0 Å². The van der Waals surface area contributed by atoms with E-state index in [1.165, 1.54) is 28.1 Å². The average molecular weight is 453 g/mol. The minimum atomic E-state index is -0.00640. The van der Waals surface area contributed by atoms with E-state index in [9.17, 15) is 0 Å². The van der Waals surface area contributed by atoms with E-state index in [0.717, 1.165) is 23.9 Å². The van der Waals surface area contributed by atoms with Crippen LogP contribution in [0.25, 0.3) is 0 Å². The second kappa shape index (κ2) is 9.20. The molecule has 3 heterocycles. The van der Waals surface area contributed by atoms with Gasteiger partial charge in [-0.15, -0.1) is 0 Å². The first-order chi connectivity index (χ1) is 16.1. The molecule has 0 saturated carbocycles. The van der Waals surface area contributed by atoms with Crippen LogP contribution in [-0.4, -0.2) is 19.6 Å². The number of thiocarbonyl (C=S) groups is 1. The summed E-state index contributed by atoms with van der Waals surface area (Å²) >= 11 is 5.86. The highest BCUT2D eigenvalue weighted by Crippen LogP contribution is 2.41. The summed E-state index contributed by atoms with van der Waals surface area (Å²) in [6.45, 7) is 6.03. The summed E-state index contributed by atoms with van der Waals surface area (Å²) in [5.74, 6) is 0. The van der Waals surface area contributed by atoms with Crippen molar-refractivity contribution in [1.29, 1.82) is 0 Å². The van der Waals surface area contributed by atoms with E-state index in [1.807, 2.05) is 18.3 Å². The first-order valence-electron chi connectivity index (χ1n) is 11.3. The average Bonchev–Trinajstić information content (AvgIpc) is 3.31. The van der Waals surface area contributed by atoms with Gasteiger partial charge in [-0.1, -0.05) is 66.7 Å². The predicted octanol–water partition coefficient (Wildman–Crippen LogP) is 5.72. The first-order valence-corrected chi connectivity index (χ1v) is 11.7. The molecule has 2 atom stereocenters. The lowest BCUT2D eigenvalue weighted by Crippen LogP contribution is -2.29. The molecule has 5 rings (SSSR count). The van der Waals surface area contributed by atoms with Crippen molar-refractivity contribution in [1.82, 2.24) is 19.8 Å². The zero-order valence-electron chi connectivity index (χ0n) is 19.0. The summed E-state index contributed by atoms with van der Waals surface area (Å²) in [7, 11) is 0. The van der Waals surface area contributed by atoms with Gasteiger partial charge in [-0.3, -0.25) is 4.98 Å². The number of hydrogen-bond acceptors (Lipinski definition) is 2. The van der Waals surface area contributed by atoms with Crippen LogP contribution in [-0.2, 0) is 13.1 Å². The largest absolute Gasteiger partial charge is 0.352 e. The lowest BCUT2D eigenvalue weighted by molar-refractivity contribution is 0.310. The number of aryl methyl sites for hydroxylation is 1. The van der Waals surface area contributed by atoms with E-state index in [0.29, 0.717) is 0 Å². The molecule has 5 heteroatoms. The highest BCUT2D eigenvalue weighted by Gasteiger charge is 2.41. The summed E-state index contributed by atoms with van der Waals surface area (Å²) in [4.78, 5) is 7.00. The van der Waals surface area contributed by atoms with Crippen molar-refractivity contribution in [2.24, 2.45) is 0 Å². The number of benzene rings is 2. The van der Waals surface area contributed by atoms with Crippen LogP contribution in [0.3, 0.4) is 0 Å². The van der Waals surface area contributed by atoms with Crippen LogP contribution in [0.15, 0.2) is 91.1 Å². The van der Waals surface area contributed by atoms with Crippen LogP contribution >= 0.6 is 12.2 Å². The molecule has 0 bridgehead atoms. The van der Waals surface area contributed by atoms with Crippen molar-refractivity contribution in [3.05, 3.63) is 125 Å². The highest BCUT2D eigenvalue weighted by atomic mass is 32.1. The van der Waals surface area contributed by atoms with Gasteiger partial charge in [0.25, 0.3) is 0 Å². The van der Waals surface area contributed by atoms with Gasteiger partial charge in [0.15, 0.2) is 5.11 Å². The van der Waals surface area contributed by atoms with Crippen molar-refractivity contribution in [2.45, 2.75) is 39.0 Å². The van der Waals surface area contributed by atoms with Crippen molar-refractivity contribution in [3.8, 4) is 0 Å². The fraction of sp³-hybridized carbons (Fsp3) is 0.214. The van der Waals surface area contributed by atoms with E-state index in [-0.39, 0.29) is 12.1 Å². The number of pyridine rings is 1. The quantitative estimate of drug-likeness (QED) is 0.379. The minimum Gasteiger partial charge on any atom is -0.352 e. The van der Waals surface area contributed by atoms with Crippen LogP contribution in [0, 0.1) is 13.8 Å². The maximum atomic E-state index is 5.86. The molecular weight excluding hydrogens is 424 g/mol. The van der Waals surface area contributed by atoms with Crippen LogP contribution < -0.4 is 5.32 Å². The van der Waals surface area contributed by atoms with Gasteiger partial charge in [-0.2, -0.15) is 0 Å². The Balaban J connectivity index is 1.56. The molecule has 0 unspecified atom stereocenters. The Bertz CT molecular complexity index is 1240. The second-order valence-electron chi connectivity index (χ2n) is 8.64. The van der Waals surface area contributed by atoms with E-state index in [4.69, 9.17) is 12.2 Å². The van der Waals surface area contributed by atoms with E-state index >= 15 is 0 Å². The maximum absolute atomic E-state index is 5.86. The molecule has 1 fully saturated rings. The molecule has 0 radical (unpaired) electrons. The molecule has 2 aromatic carbocycles. The van der Waals surface area contributed by atoms with Crippen molar-refractivity contribution in [2.75, 3.05) is 0 Å². The fourth-order valence-corrected chi connectivity index (χ4v) is 5.14. The van der Waals surface area contributed by atoms with E-state index < -0.39 is 0 Å². The summed E-state index contributed by atoms with van der Waals surface area (Å²) in [6.07, 6.45) is 1.86. The Morgan fingerprint density at radius 1 is 0.848 bits per heavy atom. The van der Waals surface area contributed by atoms with Gasteiger partial charge >= 0.3 is 0 Å². The normalized spacial score (nSPS) is 17.9. The zero-order valence-corrected chi connectivity index (χ0v) is 19.8. The predicted molar refractivity (Wildman–Crippen MR) is 137 cm³/mol. The maximum Gasteiger partial charge on any atom is 0.170 e. The number of nitrogens with one attached hydrogen (secondary N) is 1. The number of rotatable bonds is 6. The Hall–Kier alpha value is -3.44. The Morgan fingerprint density at radius 3 is 2.12 bits per heavy atom. The van der Waals surface area contributed by atoms with Gasteiger partial charge in [0, 0.05) is 30.7 Å². The standard InChI is InChI=1S/C28H28N4S/c1-20-17-24(21(2)31(20)18-22-11-5-3-6-12-22)27-26(25-15-9-10-16-29-25)30-28(33)32(27)19-23-13-7-4-8-14-23/h3-17,26-27H,18-19H2,1-2H3,(H,30,33)/t26-,27+/m0/s1. The Kier molecular flexibility index (Phi) is 5.97. The smallest absolute Gasteiger partial charge is 0.170 e. The van der Waals surface area contributed by atoms with Crippen molar-refractivity contribution in [3.63, 3.8) is 0 Å². The van der Waals surface area contributed by atoms with Crippen molar-refractivity contribution >= 4 is 17.3 Å². The van der Waals surface area contributed by atoms with Gasteiger partial charge in [-0.05, 0) is 61.0 Å². The third-order valence-electron chi connectivity index (χ3n) is 6.51. The molecule has 0 spiro atoms. The molecule has 0 aliphatic carbocycles. The molecule has 33 heavy (non-hydrogen) atoms. The Morgan fingerprint density at radius 2 is 1.48 bits per heavy atom. The van der Waals surface area contributed by atoms with Gasteiger partial charge < -0.3 is 14.8 Å². The molecule has 1 aliphatic rings. The number of hydrogen-bond donors (Lipinski definition) is 1. The Labute approximate surface area is 200 Å². The van der Waals surface area contributed by atoms with Crippen LogP contribution in [0.1, 0.15) is 45.9 Å². The zero-order chi connectivity index (χ0) is 22.8. The lowest BCUT2D eigenvalue weighted by atomic mass is 9.96. The second-order valence-corrected chi connectivity index (χ2v) is 9.03.